The van der Waals surface area contributed by atoms with Gasteiger partial charge in [-0.2, -0.15) is 0 Å². The minimum atomic E-state index is -6.69. The summed E-state index contributed by atoms with van der Waals surface area (Å²) in [6.07, 6.45) is 0. The summed E-state index contributed by atoms with van der Waals surface area (Å²) in [4.78, 5) is 0. The molecule has 0 rings (SSSR count). The van der Waals surface area contributed by atoms with E-state index >= 15 is 0 Å². The minimum absolute atomic E-state index is 0. The molecule has 0 atom stereocenters. The minimum Gasteiger partial charge on any atom is 2.00 e. The van der Waals surface area contributed by atoms with Crippen molar-refractivity contribution in [1.82, 2.24) is 0 Å². The molecule has 17 heteroatoms. The zero-order valence-corrected chi connectivity index (χ0v) is 27.8. The first kappa shape index (κ1) is 36.9. The van der Waals surface area contributed by atoms with Crippen LogP contribution >= 0.6 is 0 Å². The summed E-state index contributed by atoms with van der Waals surface area (Å²) in [6.45, 7) is 0. The maximum Gasteiger partial charge on any atom is 2.00 e. The largest absolute Gasteiger partial charge is 2.00 e. The van der Waals surface area contributed by atoms with E-state index in [1.54, 1.807) is 0 Å². The van der Waals surface area contributed by atoms with Crippen LogP contribution in [0.15, 0.2) is 0 Å². The van der Waals surface area contributed by atoms with E-state index in [9.17, 15) is 0 Å². The molecule has 0 aromatic carbocycles. The van der Waals surface area contributed by atoms with Crippen molar-refractivity contribution < 1.29 is 84.2 Å². The second-order valence-corrected chi connectivity index (χ2v) is 27.8. The van der Waals surface area contributed by atoms with Gasteiger partial charge in [0.2, 0.25) is 0 Å². The Morgan fingerprint density at radius 1 is 0.241 bits per heavy atom. The molecular formula is C12Ir2N12Zn3. The number of hydrogen-bond acceptors (Lipinski definition) is 12. The van der Waals surface area contributed by atoms with Crippen molar-refractivity contribution in [2.24, 2.45) is 0 Å². The zero-order chi connectivity index (χ0) is 21.3. The molecule has 0 aromatic rings. The van der Waals surface area contributed by atoms with Gasteiger partial charge in [-0.1, -0.05) is 0 Å². The van der Waals surface area contributed by atoms with Gasteiger partial charge < -0.3 is 0 Å². The summed E-state index contributed by atoms with van der Waals surface area (Å²) in [5, 5.41) is 103. The fourth-order valence-electron chi connectivity index (χ4n) is 0.500. The molecule has 0 aliphatic rings. The van der Waals surface area contributed by atoms with Crippen LogP contribution in [0.25, 0.3) is 0 Å². The van der Waals surface area contributed by atoms with Gasteiger partial charge in [0.25, 0.3) is 0 Å². The van der Waals surface area contributed by atoms with Crippen molar-refractivity contribution in [3.8, 4) is 55.0 Å². The van der Waals surface area contributed by atoms with Crippen molar-refractivity contribution >= 4 is 0 Å². The normalized spacial score (nSPS) is 12.0. The molecule has 0 saturated heterocycles. The quantitative estimate of drug-likeness (QED) is 0.295. The summed E-state index contributed by atoms with van der Waals surface area (Å²) in [5.74, 6) is 0. The Kier molecular flexibility index (Phi) is 12.1. The molecule has 29 heavy (non-hydrogen) atoms. The molecule has 0 heterocycles. The molecule has 0 fully saturated rings. The predicted octanol–water partition coefficient (Wildman–Crippen LogP) is 0.189. The van der Waals surface area contributed by atoms with Crippen LogP contribution in [0.5, 0.6) is 0 Å². The van der Waals surface area contributed by atoms with E-state index in [4.69, 9.17) is 63.1 Å². The number of nitrogens with zero attached hydrogens (tertiary/aromatic N) is 12. The molecule has 12 nitrogen and oxygen atoms in total. The van der Waals surface area contributed by atoms with Gasteiger partial charge in [-0.05, 0) is 0 Å². The van der Waals surface area contributed by atoms with E-state index in [2.05, 4.69) is 0 Å². The zero-order valence-electron chi connectivity index (χ0n) is 14.2. The average molecular weight is 893 g/mol. The molecule has 0 saturated carbocycles. The topological polar surface area (TPSA) is 285 Å². The third-order valence-electron chi connectivity index (χ3n) is 2.24. The molecular weight excluding hydrogens is 893 g/mol. The van der Waals surface area contributed by atoms with E-state index in [1.165, 1.54) is 0 Å². The van der Waals surface area contributed by atoms with Crippen molar-refractivity contribution in [3.63, 3.8) is 0 Å². The van der Waals surface area contributed by atoms with E-state index in [1.807, 2.05) is 0 Å². The molecule has 0 aliphatic heterocycles. The monoisotopic (exact) mass is 890 g/mol. The molecule has 0 unspecified atom stereocenters. The molecule has 0 spiro atoms. The van der Waals surface area contributed by atoms with Crippen LogP contribution in [0.3, 0.4) is 0 Å². The van der Waals surface area contributed by atoms with Gasteiger partial charge in [0.15, 0.2) is 0 Å². The molecule has 0 aliphatic carbocycles. The first-order valence-electron chi connectivity index (χ1n) is 4.68. The Hall–Kier alpha value is -2.95. The van der Waals surface area contributed by atoms with Crippen LogP contribution in [0.4, 0.5) is 0 Å². The summed E-state index contributed by atoms with van der Waals surface area (Å²) in [5.41, 5.74) is 0. The predicted molar refractivity (Wildman–Crippen MR) is 67.4 cm³/mol. The van der Waals surface area contributed by atoms with Crippen LogP contribution in [0.1, 0.15) is 0 Å². The van der Waals surface area contributed by atoms with Crippen LogP contribution in [-0.2, 0) is 84.2 Å². The third-order valence-corrected chi connectivity index (χ3v) is 18.3. The van der Waals surface area contributed by atoms with Gasteiger partial charge in [0, 0.05) is 0 Å². The fraction of sp³-hybridized carbons (Fsp3) is 0. The van der Waals surface area contributed by atoms with Crippen molar-refractivity contribution in [3.05, 3.63) is 0 Å². The van der Waals surface area contributed by atoms with Crippen LogP contribution in [0, 0.1) is 118 Å². The molecule has 0 bridgehead atoms. The summed E-state index contributed by atoms with van der Waals surface area (Å²) in [7, 11) is 0. The van der Waals surface area contributed by atoms with E-state index in [0.29, 0.717) is 0 Å². The van der Waals surface area contributed by atoms with Gasteiger partial charge in [0.1, 0.15) is 0 Å². The van der Waals surface area contributed by atoms with Crippen LogP contribution in [0.2, 0.25) is 0 Å². The molecule has 0 amide bonds. The van der Waals surface area contributed by atoms with E-state index < -0.39 is 25.7 Å². The first-order valence-corrected chi connectivity index (χ1v) is 19.1. The summed E-state index contributed by atoms with van der Waals surface area (Å²) < 4.78 is 12.9. The SMILES string of the molecule is N#[C][Ir-3]([C]#N)([C]#N)([C]#N)([C]#N)[C]#N.N#[C][Ir-3]([C]#N)([C]#N)([C]#N)([C]#N)[C]#N.[Zn+2].[Zn+2].[Zn+2]. The van der Waals surface area contributed by atoms with E-state index in [-0.39, 0.29) is 58.4 Å². The first-order chi connectivity index (χ1) is 11.9. The average Bonchev–Trinajstić information content (AvgIpc) is 2.77. The van der Waals surface area contributed by atoms with Crippen molar-refractivity contribution in [2.75, 3.05) is 0 Å². The Morgan fingerprint density at radius 3 is 0.310 bits per heavy atom. The second kappa shape index (κ2) is 9.50. The Labute approximate surface area is 200 Å². The van der Waals surface area contributed by atoms with Gasteiger partial charge in [0.05, 0.1) is 0 Å². The number of rotatable bonds is 0. The van der Waals surface area contributed by atoms with Crippen LogP contribution in [-0.4, -0.2) is 0 Å². The Morgan fingerprint density at radius 2 is 0.310 bits per heavy atom. The Bertz CT molecular complexity index is 890. The maximum atomic E-state index is 8.60. The fourth-order valence-corrected chi connectivity index (χ4v) is 4.09. The molecule has 0 radical (unpaired) electrons. The molecule has 132 valence electrons. The maximum absolute atomic E-state index is 8.60. The van der Waals surface area contributed by atoms with Crippen LogP contribution < -0.4 is 0 Å². The van der Waals surface area contributed by atoms with E-state index in [0.717, 1.165) is 55.0 Å². The molecule has 0 aromatic heterocycles. The van der Waals surface area contributed by atoms with Crippen molar-refractivity contribution in [2.45, 2.75) is 0 Å². The van der Waals surface area contributed by atoms with Gasteiger partial charge >= 0.3 is 202 Å². The number of hydrogen-bond donors (Lipinski definition) is 0. The Balaban J connectivity index is -0.000000120. The second-order valence-electron chi connectivity index (χ2n) is 3.39. The molecule has 0 N–H and O–H groups in total. The van der Waals surface area contributed by atoms with Gasteiger partial charge in [-0.25, -0.2) is 0 Å². The third kappa shape index (κ3) is 4.09. The smallest absolute Gasteiger partial charge is 2.00 e. The van der Waals surface area contributed by atoms with Crippen molar-refractivity contribution in [1.29, 1.82) is 63.1 Å². The standard InChI is InChI=1S/12CN.2Ir.3Zn/c12*1-2;;;;;/q;;;;;;;;;;;;2*-3;3*+2. The summed E-state index contributed by atoms with van der Waals surface area (Å²) in [6, 6.07) is 0. The van der Waals surface area contributed by atoms with Gasteiger partial charge in [-0.3, -0.25) is 0 Å². The number of nitriles is 12. The van der Waals surface area contributed by atoms with Gasteiger partial charge in [-0.15, -0.1) is 0 Å². The summed E-state index contributed by atoms with van der Waals surface area (Å²) >= 11 is -13.4.